The highest BCUT2D eigenvalue weighted by molar-refractivity contribution is 5.79. The van der Waals surface area contributed by atoms with E-state index >= 15 is 0 Å². The summed E-state index contributed by atoms with van der Waals surface area (Å²) in [6.07, 6.45) is 2.06. The SMILES string of the molecule is Cc1noc(C)c1CC(=O)NCc1ccnc(N2CCOCC2)c1. The summed E-state index contributed by atoms with van der Waals surface area (Å²) in [5, 5.41) is 6.81. The second-order valence-corrected chi connectivity index (χ2v) is 5.88. The van der Waals surface area contributed by atoms with Crippen molar-refractivity contribution in [1.82, 2.24) is 15.5 Å². The van der Waals surface area contributed by atoms with E-state index < -0.39 is 0 Å². The van der Waals surface area contributed by atoms with Crippen LogP contribution in [0.4, 0.5) is 5.82 Å². The van der Waals surface area contributed by atoms with E-state index in [0.29, 0.717) is 12.3 Å². The van der Waals surface area contributed by atoms with Gasteiger partial charge in [-0.05, 0) is 31.5 Å². The average Bonchev–Trinajstić information content (AvgIpc) is 2.93. The van der Waals surface area contributed by atoms with Crippen LogP contribution in [0.15, 0.2) is 22.9 Å². The van der Waals surface area contributed by atoms with Crippen molar-refractivity contribution in [2.24, 2.45) is 0 Å². The summed E-state index contributed by atoms with van der Waals surface area (Å²) in [6, 6.07) is 3.93. The number of rotatable bonds is 5. The van der Waals surface area contributed by atoms with Crippen LogP contribution in [-0.4, -0.2) is 42.4 Å². The summed E-state index contributed by atoms with van der Waals surface area (Å²) in [5.74, 6) is 1.58. The van der Waals surface area contributed by atoms with Crippen LogP contribution in [0.2, 0.25) is 0 Å². The molecule has 0 bridgehead atoms. The fourth-order valence-corrected chi connectivity index (χ4v) is 2.71. The fourth-order valence-electron chi connectivity index (χ4n) is 2.71. The van der Waals surface area contributed by atoms with Gasteiger partial charge >= 0.3 is 0 Å². The number of carbonyl (C=O) groups excluding carboxylic acids is 1. The number of anilines is 1. The van der Waals surface area contributed by atoms with E-state index in [0.717, 1.165) is 48.9 Å². The highest BCUT2D eigenvalue weighted by atomic mass is 16.5. The van der Waals surface area contributed by atoms with Gasteiger partial charge in [0.1, 0.15) is 11.6 Å². The van der Waals surface area contributed by atoms with Crippen LogP contribution >= 0.6 is 0 Å². The zero-order valence-electron chi connectivity index (χ0n) is 14.0. The monoisotopic (exact) mass is 330 g/mol. The van der Waals surface area contributed by atoms with Crippen LogP contribution in [0.3, 0.4) is 0 Å². The van der Waals surface area contributed by atoms with E-state index in [1.807, 2.05) is 26.0 Å². The first-order valence-electron chi connectivity index (χ1n) is 8.09. The molecule has 0 radical (unpaired) electrons. The number of nitrogens with zero attached hydrogens (tertiary/aromatic N) is 3. The Morgan fingerprint density at radius 2 is 2.12 bits per heavy atom. The topological polar surface area (TPSA) is 80.5 Å². The number of hydrogen-bond acceptors (Lipinski definition) is 6. The van der Waals surface area contributed by atoms with E-state index in [1.165, 1.54) is 0 Å². The molecule has 2 aromatic rings. The standard InChI is InChI=1S/C17H22N4O3/c1-12-15(13(2)24-20-12)10-17(22)19-11-14-3-4-18-16(9-14)21-5-7-23-8-6-21/h3-4,9H,5-8,10-11H2,1-2H3,(H,19,22). The Morgan fingerprint density at radius 3 is 2.83 bits per heavy atom. The highest BCUT2D eigenvalue weighted by Crippen LogP contribution is 2.15. The van der Waals surface area contributed by atoms with Gasteiger partial charge in [-0.3, -0.25) is 4.79 Å². The van der Waals surface area contributed by atoms with Gasteiger partial charge in [-0.2, -0.15) is 0 Å². The molecule has 3 rings (SSSR count). The van der Waals surface area contributed by atoms with Crippen molar-refractivity contribution in [2.75, 3.05) is 31.2 Å². The first-order valence-corrected chi connectivity index (χ1v) is 8.09. The van der Waals surface area contributed by atoms with Gasteiger partial charge in [0.15, 0.2) is 0 Å². The molecule has 0 unspecified atom stereocenters. The molecule has 128 valence electrons. The maximum absolute atomic E-state index is 12.2. The third-order valence-corrected chi connectivity index (χ3v) is 4.15. The molecule has 1 fully saturated rings. The molecule has 1 saturated heterocycles. The number of pyridine rings is 1. The van der Waals surface area contributed by atoms with Crippen LogP contribution in [-0.2, 0) is 22.5 Å². The number of aromatic nitrogens is 2. The molecule has 24 heavy (non-hydrogen) atoms. The Labute approximate surface area is 141 Å². The van der Waals surface area contributed by atoms with Gasteiger partial charge in [-0.25, -0.2) is 4.98 Å². The molecule has 0 aliphatic carbocycles. The van der Waals surface area contributed by atoms with Crippen LogP contribution in [0.5, 0.6) is 0 Å². The molecule has 1 N–H and O–H groups in total. The third kappa shape index (κ3) is 3.91. The van der Waals surface area contributed by atoms with E-state index in [9.17, 15) is 4.79 Å². The van der Waals surface area contributed by atoms with Crippen molar-refractivity contribution in [3.05, 3.63) is 40.9 Å². The molecular formula is C17H22N4O3. The summed E-state index contributed by atoms with van der Waals surface area (Å²) < 4.78 is 10.4. The molecule has 0 spiro atoms. The van der Waals surface area contributed by atoms with Crippen molar-refractivity contribution in [2.45, 2.75) is 26.8 Å². The molecule has 0 aromatic carbocycles. The largest absolute Gasteiger partial charge is 0.378 e. The van der Waals surface area contributed by atoms with E-state index in [4.69, 9.17) is 9.26 Å². The summed E-state index contributed by atoms with van der Waals surface area (Å²) in [7, 11) is 0. The first-order chi connectivity index (χ1) is 11.6. The molecule has 1 amide bonds. The molecule has 7 heteroatoms. The van der Waals surface area contributed by atoms with Gasteiger partial charge in [0.2, 0.25) is 5.91 Å². The van der Waals surface area contributed by atoms with Crippen molar-refractivity contribution in [3.8, 4) is 0 Å². The maximum Gasteiger partial charge on any atom is 0.224 e. The number of ether oxygens (including phenoxy) is 1. The lowest BCUT2D eigenvalue weighted by atomic mass is 10.1. The van der Waals surface area contributed by atoms with Crippen molar-refractivity contribution in [3.63, 3.8) is 0 Å². The lowest BCUT2D eigenvalue weighted by Crippen LogP contribution is -2.36. The number of nitrogens with one attached hydrogen (secondary N) is 1. The number of aryl methyl sites for hydroxylation is 2. The molecule has 2 aromatic heterocycles. The Morgan fingerprint density at radius 1 is 1.33 bits per heavy atom. The summed E-state index contributed by atoms with van der Waals surface area (Å²) in [6.45, 7) is 7.27. The van der Waals surface area contributed by atoms with Crippen LogP contribution in [0, 0.1) is 13.8 Å². The number of amides is 1. The highest BCUT2D eigenvalue weighted by Gasteiger charge is 2.14. The quantitative estimate of drug-likeness (QED) is 0.892. The third-order valence-electron chi connectivity index (χ3n) is 4.15. The minimum Gasteiger partial charge on any atom is -0.378 e. The zero-order valence-corrected chi connectivity index (χ0v) is 14.0. The number of carbonyl (C=O) groups is 1. The van der Waals surface area contributed by atoms with Crippen LogP contribution in [0.25, 0.3) is 0 Å². The second kappa shape index (κ2) is 7.44. The second-order valence-electron chi connectivity index (χ2n) is 5.88. The lowest BCUT2D eigenvalue weighted by Gasteiger charge is -2.28. The maximum atomic E-state index is 12.2. The predicted molar refractivity (Wildman–Crippen MR) is 88.8 cm³/mol. The molecule has 0 atom stereocenters. The van der Waals surface area contributed by atoms with E-state index in [1.54, 1.807) is 6.20 Å². The van der Waals surface area contributed by atoms with Gasteiger partial charge in [-0.15, -0.1) is 0 Å². The molecule has 3 heterocycles. The molecule has 7 nitrogen and oxygen atoms in total. The Balaban J connectivity index is 1.57. The Kier molecular flexibility index (Phi) is 5.10. The Hall–Kier alpha value is -2.41. The minimum atomic E-state index is -0.0471. The molecule has 0 saturated carbocycles. The molecule has 1 aliphatic rings. The minimum absolute atomic E-state index is 0.0471. The smallest absolute Gasteiger partial charge is 0.224 e. The zero-order chi connectivity index (χ0) is 16.9. The fraction of sp³-hybridized carbons (Fsp3) is 0.471. The van der Waals surface area contributed by atoms with Crippen molar-refractivity contribution >= 4 is 11.7 Å². The number of hydrogen-bond donors (Lipinski definition) is 1. The predicted octanol–water partition coefficient (Wildman–Crippen LogP) is 1.38. The van der Waals surface area contributed by atoms with Crippen molar-refractivity contribution < 1.29 is 14.1 Å². The lowest BCUT2D eigenvalue weighted by molar-refractivity contribution is -0.120. The average molecular weight is 330 g/mol. The summed E-state index contributed by atoms with van der Waals surface area (Å²) in [5.41, 5.74) is 2.65. The molecule has 1 aliphatic heterocycles. The van der Waals surface area contributed by atoms with E-state index in [2.05, 4.69) is 20.4 Å². The van der Waals surface area contributed by atoms with Gasteiger partial charge in [-0.1, -0.05) is 5.16 Å². The summed E-state index contributed by atoms with van der Waals surface area (Å²) in [4.78, 5) is 18.8. The normalized spacial score (nSPS) is 14.7. The van der Waals surface area contributed by atoms with E-state index in [-0.39, 0.29) is 12.3 Å². The summed E-state index contributed by atoms with van der Waals surface area (Å²) >= 11 is 0. The van der Waals surface area contributed by atoms with Crippen molar-refractivity contribution in [1.29, 1.82) is 0 Å². The van der Waals surface area contributed by atoms with Gasteiger partial charge < -0.3 is 19.5 Å². The van der Waals surface area contributed by atoms with Crippen LogP contribution < -0.4 is 10.2 Å². The molecular weight excluding hydrogens is 308 g/mol. The first kappa shape index (κ1) is 16.4. The number of morpholine rings is 1. The van der Waals surface area contributed by atoms with Crippen LogP contribution in [0.1, 0.15) is 22.6 Å². The van der Waals surface area contributed by atoms with Gasteiger partial charge in [0.05, 0.1) is 25.3 Å². The van der Waals surface area contributed by atoms with Gasteiger partial charge in [0, 0.05) is 31.4 Å². The Bertz CT molecular complexity index is 688. The van der Waals surface area contributed by atoms with Gasteiger partial charge in [0.25, 0.3) is 0 Å².